The summed E-state index contributed by atoms with van der Waals surface area (Å²) in [5.74, 6) is 0.646. The summed E-state index contributed by atoms with van der Waals surface area (Å²) >= 11 is 6.04. The number of halogens is 1. The topological polar surface area (TPSA) is 79.6 Å². The van der Waals surface area contributed by atoms with Gasteiger partial charge < -0.3 is 9.32 Å². The molecular formula is C24H23ClN2O4S. The maximum Gasteiger partial charge on any atom is 0.261 e. The van der Waals surface area contributed by atoms with Crippen LogP contribution in [-0.2, 0) is 14.8 Å². The quantitative estimate of drug-likeness (QED) is 0.441. The Hall–Kier alpha value is -3.03. The van der Waals surface area contributed by atoms with Crippen LogP contribution in [-0.4, -0.2) is 25.3 Å². The van der Waals surface area contributed by atoms with Gasteiger partial charge in [-0.2, -0.15) is 0 Å². The number of amides is 1. The molecule has 4 rings (SSSR count). The molecule has 1 unspecified atom stereocenters. The van der Waals surface area contributed by atoms with Crippen LogP contribution in [0.5, 0.6) is 0 Å². The van der Waals surface area contributed by atoms with E-state index in [-0.39, 0.29) is 22.9 Å². The minimum absolute atomic E-state index is 0.103. The van der Waals surface area contributed by atoms with Gasteiger partial charge in [0, 0.05) is 12.1 Å². The smallest absolute Gasteiger partial charge is 0.261 e. The second-order valence-electron chi connectivity index (χ2n) is 7.66. The zero-order valence-corrected chi connectivity index (χ0v) is 19.0. The van der Waals surface area contributed by atoms with Crippen LogP contribution in [0.3, 0.4) is 0 Å². The van der Waals surface area contributed by atoms with Gasteiger partial charge in [-0.15, -0.1) is 0 Å². The van der Waals surface area contributed by atoms with Crippen molar-refractivity contribution in [1.29, 1.82) is 0 Å². The highest BCUT2D eigenvalue weighted by Crippen LogP contribution is 2.34. The number of hydrogen-bond acceptors (Lipinski definition) is 4. The van der Waals surface area contributed by atoms with Crippen molar-refractivity contribution in [2.75, 3.05) is 4.72 Å². The Morgan fingerprint density at radius 3 is 2.47 bits per heavy atom. The fraction of sp³-hybridized carbons (Fsp3) is 0.208. The van der Waals surface area contributed by atoms with Gasteiger partial charge in [-0.1, -0.05) is 35.9 Å². The van der Waals surface area contributed by atoms with Crippen LogP contribution in [0.2, 0.25) is 5.02 Å². The van der Waals surface area contributed by atoms with Crippen molar-refractivity contribution in [1.82, 2.24) is 4.90 Å². The summed E-state index contributed by atoms with van der Waals surface area (Å²) in [5, 5.41) is 0.318. The number of carbonyl (C=O) groups excluding carboxylic acids is 1. The van der Waals surface area contributed by atoms with E-state index in [0.717, 1.165) is 24.2 Å². The molecule has 1 saturated carbocycles. The van der Waals surface area contributed by atoms with Crippen molar-refractivity contribution in [2.24, 2.45) is 0 Å². The molecule has 0 saturated heterocycles. The predicted octanol–water partition coefficient (Wildman–Crippen LogP) is 5.50. The third-order valence-corrected chi connectivity index (χ3v) is 7.00. The fourth-order valence-corrected chi connectivity index (χ4v) is 4.78. The Morgan fingerprint density at radius 2 is 1.84 bits per heavy atom. The highest BCUT2D eigenvalue weighted by Gasteiger charge is 2.36. The highest BCUT2D eigenvalue weighted by atomic mass is 35.5. The maximum atomic E-state index is 12.9. The Morgan fingerprint density at radius 1 is 1.12 bits per heavy atom. The third kappa shape index (κ3) is 5.06. The number of anilines is 1. The highest BCUT2D eigenvalue weighted by molar-refractivity contribution is 7.92. The minimum atomic E-state index is -3.78. The number of carbonyl (C=O) groups is 1. The van der Waals surface area contributed by atoms with Crippen molar-refractivity contribution < 1.29 is 17.6 Å². The number of nitrogens with one attached hydrogen (secondary N) is 1. The Kier molecular flexibility index (Phi) is 6.39. The molecule has 1 heterocycles. The van der Waals surface area contributed by atoms with Gasteiger partial charge >= 0.3 is 0 Å². The summed E-state index contributed by atoms with van der Waals surface area (Å²) in [5.41, 5.74) is 1.03. The first kappa shape index (κ1) is 22.2. The van der Waals surface area contributed by atoms with E-state index in [0.29, 0.717) is 10.7 Å². The first-order chi connectivity index (χ1) is 15.3. The maximum absolute atomic E-state index is 12.9. The molecule has 0 aliphatic heterocycles. The third-order valence-electron chi connectivity index (χ3n) is 5.29. The summed E-state index contributed by atoms with van der Waals surface area (Å²) in [6.07, 6.45) is 6.77. The number of nitrogens with zero attached hydrogens (tertiary/aromatic N) is 1. The molecule has 0 bridgehead atoms. The summed E-state index contributed by atoms with van der Waals surface area (Å²) in [7, 11) is -3.78. The average Bonchev–Trinajstić information content (AvgIpc) is 3.45. The van der Waals surface area contributed by atoms with Crippen LogP contribution in [0.15, 0.2) is 82.3 Å². The van der Waals surface area contributed by atoms with E-state index < -0.39 is 10.0 Å². The van der Waals surface area contributed by atoms with Gasteiger partial charge in [0.05, 0.1) is 27.9 Å². The van der Waals surface area contributed by atoms with Crippen LogP contribution in [0.25, 0.3) is 6.08 Å². The van der Waals surface area contributed by atoms with Gasteiger partial charge in [0.25, 0.3) is 10.0 Å². The van der Waals surface area contributed by atoms with E-state index in [1.807, 2.05) is 24.0 Å². The zero-order chi connectivity index (χ0) is 22.7. The molecule has 0 radical (unpaired) electrons. The molecule has 1 aromatic heterocycles. The monoisotopic (exact) mass is 470 g/mol. The molecule has 6 nitrogen and oxygen atoms in total. The van der Waals surface area contributed by atoms with Gasteiger partial charge in [-0.05, 0) is 67.8 Å². The molecule has 1 N–H and O–H groups in total. The first-order valence-corrected chi connectivity index (χ1v) is 12.1. The van der Waals surface area contributed by atoms with E-state index in [4.69, 9.17) is 16.0 Å². The van der Waals surface area contributed by atoms with Gasteiger partial charge in [-0.3, -0.25) is 9.52 Å². The van der Waals surface area contributed by atoms with Gasteiger partial charge in [0.2, 0.25) is 5.91 Å². The van der Waals surface area contributed by atoms with E-state index in [1.165, 1.54) is 18.2 Å². The van der Waals surface area contributed by atoms with Crippen LogP contribution in [0, 0.1) is 0 Å². The van der Waals surface area contributed by atoms with Crippen LogP contribution in [0.4, 0.5) is 5.69 Å². The molecule has 3 aromatic rings. The first-order valence-electron chi connectivity index (χ1n) is 10.3. The molecule has 1 fully saturated rings. The van der Waals surface area contributed by atoms with Gasteiger partial charge in [0.15, 0.2) is 0 Å². The normalized spacial score (nSPS) is 14.9. The van der Waals surface area contributed by atoms with Crippen LogP contribution < -0.4 is 4.72 Å². The lowest BCUT2D eigenvalue weighted by Crippen LogP contribution is -2.34. The number of para-hydroxylation sites is 1. The molecule has 0 spiro atoms. The van der Waals surface area contributed by atoms with Gasteiger partial charge in [-0.25, -0.2) is 8.42 Å². The fourth-order valence-electron chi connectivity index (χ4n) is 3.47. The van der Waals surface area contributed by atoms with Crippen LogP contribution >= 0.6 is 11.6 Å². The number of sulfonamides is 1. The lowest BCUT2D eigenvalue weighted by Gasteiger charge is -2.26. The zero-order valence-electron chi connectivity index (χ0n) is 17.4. The molecular weight excluding hydrogens is 448 g/mol. The van der Waals surface area contributed by atoms with Crippen molar-refractivity contribution >= 4 is 39.3 Å². The number of hydrogen-bond donors (Lipinski definition) is 1. The molecule has 1 atom stereocenters. The summed E-state index contributed by atoms with van der Waals surface area (Å²) in [6, 6.07) is 16.7. The lowest BCUT2D eigenvalue weighted by atomic mass is 10.2. The number of benzene rings is 2. The van der Waals surface area contributed by atoms with Crippen LogP contribution in [0.1, 0.15) is 37.1 Å². The van der Waals surface area contributed by atoms with Crippen molar-refractivity contribution in [2.45, 2.75) is 36.7 Å². The lowest BCUT2D eigenvalue weighted by molar-refractivity contribution is -0.129. The summed E-state index contributed by atoms with van der Waals surface area (Å²) in [6.45, 7) is 1.95. The summed E-state index contributed by atoms with van der Waals surface area (Å²) in [4.78, 5) is 14.8. The molecule has 8 heteroatoms. The Balaban J connectivity index is 1.46. The largest absolute Gasteiger partial charge is 0.467 e. The molecule has 1 aliphatic rings. The number of furan rings is 1. The minimum Gasteiger partial charge on any atom is -0.467 e. The second kappa shape index (κ2) is 9.22. The molecule has 1 aliphatic carbocycles. The van der Waals surface area contributed by atoms with E-state index >= 15 is 0 Å². The standard InChI is InChI=1S/C24H23ClN2O4S/c1-17(23-7-4-16-31-23)27(19-11-12-19)24(28)15-10-18-8-13-20(14-9-18)32(29,30)26-22-6-3-2-5-21(22)25/h2-10,13-17,19,26H,11-12H2,1H3/b15-10+. The van der Waals surface area contributed by atoms with E-state index in [9.17, 15) is 13.2 Å². The Bertz CT molecular complexity index is 1220. The molecule has 166 valence electrons. The van der Waals surface area contributed by atoms with Crippen molar-refractivity contribution in [3.05, 3.63) is 89.3 Å². The summed E-state index contributed by atoms with van der Waals surface area (Å²) < 4.78 is 33.2. The number of rotatable bonds is 8. The molecule has 32 heavy (non-hydrogen) atoms. The predicted molar refractivity (Wildman–Crippen MR) is 125 cm³/mol. The molecule has 2 aromatic carbocycles. The SMILES string of the molecule is CC(c1ccco1)N(C(=O)/C=C/c1ccc(S(=O)(=O)Nc2ccccc2Cl)cc1)C1CC1. The van der Waals surface area contributed by atoms with Crippen molar-refractivity contribution in [3.63, 3.8) is 0 Å². The average molecular weight is 471 g/mol. The molecule has 1 amide bonds. The second-order valence-corrected chi connectivity index (χ2v) is 9.75. The van der Waals surface area contributed by atoms with Crippen molar-refractivity contribution in [3.8, 4) is 0 Å². The van der Waals surface area contributed by atoms with E-state index in [1.54, 1.807) is 48.7 Å². The van der Waals surface area contributed by atoms with E-state index in [2.05, 4.69) is 4.72 Å². The van der Waals surface area contributed by atoms with Gasteiger partial charge in [0.1, 0.15) is 5.76 Å². The Labute approximate surface area is 192 Å².